The first-order valence-corrected chi connectivity index (χ1v) is 7.70. The van der Waals surface area contributed by atoms with E-state index < -0.39 is 0 Å². The Labute approximate surface area is 135 Å². The normalized spacial score (nSPS) is 10.9. The van der Waals surface area contributed by atoms with Crippen molar-refractivity contribution in [3.63, 3.8) is 0 Å². The van der Waals surface area contributed by atoms with Crippen LogP contribution in [-0.2, 0) is 18.1 Å². The average molecular weight is 307 g/mol. The van der Waals surface area contributed by atoms with Crippen molar-refractivity contribution in [2.45, 2.75) is 20.0 Å². The summed E-state index contributed by atoms with van der Waals surface area (Å²) in [4.78, 5) is 15.5. The van der Waals surface area contributed by atoms with Crippen LogP contribution < -0.4 is 5.32 Å². The van der Waals surface area contributed by atoms with Gasteiger partial charge in [0.15, 0.2) is 0 Å². The van der Waals surface area contributed by atoms with E-state index in [-0.39, 0.29) is 12.5 Å². The van der Waals surface area contributed by atoms with Crippen molar-refractivity contribution >= 4 is 16.8 Å². The first-order chi connectivity index (χ1) is 11.2. The van der Waals surface area contributed by atoms with E-state index in [2.05, 4.69) is 16.4 Å². The number of para-hydroxylation sites is 1. The Hall–Kier alpha value is -2.59. The third-order valence-electron chi connectivity index (χ3n) is 4.02. The highest BCUT2D eigenvalue weighted by Gasteiger charge is 2.11. The molecule has 3 rings (SSSR count). The van der Waals surface area contributed by atoms with Gasteiger partial charge in [0.2, 0.25) is 0 Å². The Bertz CT molecular complexity index is 836. The number of fused-ring (bicyclic) bond motifs is 1. The molecule has 2 aromatic carbocycles. The van der Waals surface area contributed by atoms with Gasteiger partial charge < -0.3 is 10.3 Å². The molecular weight excluding hydrogens is 288 g/mol. The number of aromatic amines is 1. The van der Waals surface area contributed by atoms with Crippen LogP contribution >= 0.6 is 0 Å². The number of hydrogen-bond donors (Lipinski definition) is 2. The van der Waals surface area contributed by atoms with E-state index in [1.165, 1.54) is 10.9 Å². The Morgan fingerprint density at radius 2 is 1.96 bits per heavy atom. The van der Waals surface area contributed by atoms with Crippen molar-refractivity contribution < 1.29 is 9.90 Å². The van der Waals surface area contributed by atoms with Crippen LogP contribution in [0, 0.1) is 6.92 Å². The highest BCUT2D eigenvalue weighted by molar-refractivity contribution is 5.95. The first kappa shape index (κ1) is 15.3. The fourth-order valence-electron chi connectivity index (χ4n) is 2.77. The van der Waals surface area contributed by atoms with Gasteiger partial charge in [-0.05, 0) is 36.6 Å². The van der Waals surface area contributed by atoms with Crippen molar-refractivity contribution in [2.24, 2.45) is 0 Å². The maximum absolute atomic E-state index is 12.3. The maximum Gasteiger partial charge on any atom is 0.251 e. The molecule has 4 heteroatoms. The number of carbonyl (C=O) groups is 1. The Morgan fingerprint density at radius 1 is 1.13 bits per heavy atom. The van der Waals surface area contributed by atoms with Gasteiger partial charge in [-0.2, -0.15) is 0 Å². The van der Waals surface area contributed by atoms with Crippen molar-refractivity contribution in [2.75, 3.05) is 6.54 Å². The quantitative estimate of drug-likeness (QED) is 0.745. The molecule has 117 valence electrons. The predicted octanol–water partition coefficient (Wildman–Crippen LogP) is 3.38. The fourth-order valence-corrected chi connectivity index (χ4v) is 2.77. The summed E-state index contributed by atoms with van der Waals surface area (Å²) in [6.45, 7) is 2.07. The van der Waals surface area contributed by atoms with Gasteiger partial charge in [0.05, 0.1) is 0 Å². The van der Waals surface area contributed by atoms with Crippen molar-refractivity contribution in [1.82, 2.24) is 10.3 Å². The van der Waals surface area contributed by atoms with Crippen LogP contribution in [0.25, 0.3) is 10.9 Å². The third kappa shape index (κ3) is 3.27. The van der Waals surface area contributed by atoms with E-state index in [4.69, 9.17) is 0 Å². The second kappa shape index (κ2) is 6.67. The molecule has 1 heterocycles. The minimum Gasteiger partial charge on any atom is -0.361 e. The molecule has 0 atom stereocenters. The average Bonchev–Trinajstić information content (AvgIpc) is 2.98. The zero-order valence-corrected chi connectivity index (χ0v) is 13.1. The van der Waals surface area contributed by atoms with Gasteiger partial charge in [-0.25, -0.2) is 5.11 Å². The lowest BCUT2D eigenvalue weighted by atomic mass is 10.0. The van der Waals surface area contributed by atoms with E-state index in [9.17, 15) is 9.90 Å². The van der Waals surface area contributed by atoms with Crippen molar-refractivity contribution in [1.29, 1.82) is 0 Å². The molecule has 1 amide bonds. The number of carbonyl (C=O) groups excluding carboxylic acids is 1. The predicted molar refractivity (Wildman–Crippen MR) is 89.9 cm³/mol. The number of rotatable bonds is 5. The summed E-state index contributed by atoms with van der Waals surface area (Å²) < 4.78 is 0. The summed E-state index contributed by atoms with van der Waals surface area (Å²) in [5.41, 5.74) is 4.28. The minimum absolute atomic E-state index is 0.181. The molecule has 0 spiro atoms. The molecule has 1 aromatic heterocycles. The summed E-state index contributed by atoms with van der Waals surface area (Å²) in [7, 11) is 0. The third-order valence-corrected chi connectivity index (χ3v) is 4.02. The zero-order valence-electron chi connectivity index (χ0n) is 13.1. The molecule has 0 unspecified atom stereocenters. The van der Waals surface area contributed by atoms with E-state index in [1.54, 1.807) is 12.1 Å². The Morgan fingerprint density at radius 3 is 2.78 bits per heavy atom. The van der Waals surface area contributed by atoms with Crippen molar-refractivity contribution in [3.05, 3.63) is 70.9 Å². The number of hydrogen-bond acceptors (Lipinski definition) is 1. The van der Waals surface area contributed by atoms with Gasteiger partial charge in [0, 0.05) is 29.2 Å². The van der Waals surface area contributed by atoms with Crippen LogP contribution in [0.5, 0.6) is 0 Å². The fraction of sp³-hybridized carbons (Fsp3) is 0.211. The molecule has 2 N–H and O–H groups in total. The Balaban J connectivity index is 1.67. The van der Waals surface area contributed by atoms with Gasteiger partial charge in [-0.15, -0.1) is 0 Å². The standard InChI is InChI=1S/C19H19N2O2/c1-13-6-7-15(12-22)17(10-13)19(23)20-9-8-14-11-21-18-5-3-2-4-16(14)18/h2-7,10-11,21H,8-9,12H2,1H3,(H,20,23). The number of aryl methyl sites for hydroxylation is 1. The topological polar surface area (TPSA) is 64.8 Å². The minimum atomic E-state index is -0.383. The van der Waals surface area contributed by atoms with Crippen LogP contribution in [-0.4, -0.2) is 17.4 Å². The molecule has 0 aliphatic rings. The van der Waals surface area contributed by atoms with Crippen LogP contribution in [0.1, 0.15) is 27.0 Å². The second-order valence-electron chi connectivity index (χ2n) is 5.67. The van der Waals surface area contributed by atoms with E-state index in [0.29, 0.717) is 17.7 Å². The number of aromatic nitrogens is 1. The molecule has 3 aromatic rings. The first-order valence-electron chi connectivity index (χ1n) is 7.70. The SMILES string of the molecule is Cc1ccc(C[O])c(C(=O)NCCc2c[nH]c3ccccc23)c1. The summed E-state index contributed by atoms with van der Waals surface area (Å²) in [6, 6.07) is 13.5. The van der Waals surface area contributed by atoms with Crippen LogP contribution in [0.2, 0.25) is 0 Å². The molecule has 4 nitrogen and oxygen atoms in total. The van der Waals surface area contributed by atoms with Crippen LogP contribution in [0.3, 0.4) is 0 Å². The maximum atomic E-state index is 12.3. The summed E-state index contributed by atoms with van der Waals surface area (Å²) in [5, 5.41) is 15.3. The Kier molecular flexibility index (Phi) is 4.44. The smallest absolute Gasteiger partial charge is 0.251 e. The van der Waals surface area contributed by atoms with Gasteiger partial charge in [-0.1, -0.05) is 35.9 Å². The monoisotopic (exact) mass is 307 g/mol. The molecule has 0 fully saturated rings. The molecule has 0 bridgehead atoms. The lowest BCUT2D eigenvalue weighted by molar-refractivity contribution is 0.0947. The van der Waals surface area contributed by atoms with Gasteiger partial charge in [0.1, 0.15) is 6.61 Å². The molecule has 0 saturated heterocycles. The second-order valence-corrected chi connectivity index (χ2v) is 5.67. The highest BCUT2D eigenvalue weighted by Crippen LogP contribution is 2.18. The number of H-pyrrole nitrogens is 1. The lowest BCUT2D eigenvalue weighted by Crippen LogP contribution is -2.26. The lowest BCUT2D eigenvalue weighted by Gasteiger charge is -2.09. The van der Waals surface area contributed by atoms with Crippen molar-refractivity contribution in [3.8, 4) is 0 Å². The van der Waals surface area contributed by atoms with E-state index in [1.807, 2.05) is 37.4 Å². The van der Waals surface area contributed by atoms with Gasteiger partial charge in [-0.3, -0.25) is 4.79 Å². The highest BCUT2D eigenvalue weighted by atomic mass is 16.3. The molecular formula is C19H19N2O2. The number of nitrogens with one attached hydrogen (secondary N) is 2. The number of amides is 1. The van der Waals surface area contributed by atoms with E-state index >= 15 is 0 Å². The number of benzene rings is 2. The molecule has 1 radical (unpaired) electrons. The zero-order chi connectivity index (χ0) is 16.2. The largest absolute Gasteiger partial charge is 0.361 e. The summed E-state index contributed by atoms with van der Waals surface area (Å²) >= 11 is 0. The molecule has 0 aliphatic carbocycles. The summed E-state index contributed by atoms with van der Waals surface area (Å²) in [6.07, 6.45) is 2.72. The van der Waals surface area contributed by atoms with Gasteiger partial charge >= 0.3 is 0 Å². The van der Waals surface area contributed by atoms with Crippen LogP contribution in [0.15, 0.2) is 48.7 Å². The molecule has 23 heavy (non-hydrogen) atoms. The molecule has 0 saturated carbocycles. The van der Waals surface area contributed by atoms with E-state index in [0.717, 1.165) is 17.5 Å². The molecule has 0 aliphatic heterocycles. The van der Waals surface area contributed by atoms with Gasteiger partial charge in [0.25, 0.3) is 5.91 Å². The van der Waals surface area contributed by atoms with Crippen LogP contribution in [0.4, 0.5) is 0 Å². The summed E-state index contributed by atoms with van der Waals surface area (Å²) in [5.74, 6) is -0.181.